The molecule has 3 rings (SSSR count). The van der Waals surface area contributed by atoms with Gasteiger partial charge >= 0.3 is 0 Å². The van der Waals surface area contributed by atoms with Crippen LogP contribution in [0.5, 0.6) is 0 Å². The summed E-state index contributed by atoms with van der Waals surface area (Å²) < 4.78 is 1.42. The van der Waals surface area contributed by atoms with Crippen LogP contribution in [0.4, 0.5) is 0 Å². The van der Waals surface area contributed by atoms with Gasteiger partial charge in [0.1, 0.15) is 0 Å². The molecule has 2 aromatic rings. The van der Waals surface area contributed by atoms with Crippen molar-refractivity contribution in [2.75, 3.05) is 0 Å². The van der Waals surface area contributed by atoms with Crippen molar-refractivity contribution >= 4 is 21.4 Å². The first-order chi connectivity index (χ1) is 9.66. The minimum absolute atomic E-state index is 0.461. The SMILES string of the molecule is Cc1c(C(C)N[C@@H](C)C2CCCC2)sc2ccccc12. The summed E-state index contributed by atoms with van der Waals surface area (Å²) in [5, 5.41) is 5.28. The number of hydrogen-bond acceptors (Lipinski definition) is 2. The molecule has 0 amide bonds. The largest absolute Gasteiger partial charge is 0.307 e. The first kappa shape index (κ1) is 14.1. The van der Waals surface area contributed by atoms with Gasteiger partial charge in [0, 0.05) is 21.7 Å². The monoisotopic (exact) mass is 287 g/mol. The minimum atomic E-state index is 0.461. The average Bonchev–Trinajstić information content (AvgIpc) is 3.07. The zero-order chi connectivity index (χ0) is 14.1. The van der Waals surface area contributed by atoms with Gasteiger partial charge in [-0.25, -0.2) is 0 Å². The summed E-state index contributed by atoms with van der Waals surface area (Å²) in [7, 11) is 0. The predicted octanol–water partition coefficient (Wildman–Crippen LogP) is 5.44. The molecule has 2 heteroatoms. The summed E-state index contributed by atoms with van der Waals surface area (Å²) in [5.41, 5.74) is 1.46. The molecule has 0 saturated heterocycles. The van der Waals surface area contributed by atoms with Gasteiger partial charge in [-0.05, 0) is 56.5 Å². The summed E-state index contributed by atoms with van der Waals surface area (Å²) in [6.45, 7) is 6.96. The molecule has 1 saturated carbocycles. The Morgan fingerprint density at radius 2 is 1.85 bits per heavy atom. The molecule has 0 aliphatic heterocycles. The van der Waals surface area contributed by atoms with E-state index in [1.54, 1.807) is 0 Å². The Balaban J connectivity index is 1.78. The van der Waals surface area contributed by atoms with Gasteiger partial charge in [0.15, 0.2) is 0 Å². The molecular formula is C18H25NS. The van der Waals surface area contributed by atoms with Crippen LogP contribution in [-0.4, -0.2) is 6.04 Å². The van der Waals surface area contributed by atoms with Crippen LogP contribution in [0.15, 0.2) is 24.3 Å². The van der Waals surface area contributed by atoms with Crippen LogP contribution in [0.1, 0.15) is 56.0 Å². The maximum Gasteiger partial charge on any atom is 0.0391 e. The van der Waals surface area contributed by atoms with E-state index in [0.29, 0.717) is 12.1 Å². The zero-order valence-corrected chi connectivity index (χ0v) is 13.6. The fourth-order valence-corrected chi connectivity index (χ4v) is 4.89. The van der Waals surface area contributed by atoms with Crippen molar-refractivity contribution in [1.29, 1.82) is 0 Å². The van der Waals surface area contributed by atoms with E-state index < -0.39 is 0 Å². The quantitative estimate of drug-likeness (QED) is 0.789. The van der Waals surface area contributed by atoms with E-state index in [1.807, 2.05) is 11.3 Å². The highest BCUT2D eigenvalue weighted by Crippen LogP contribution is 2.35. The molecule has 1 aromatic carbocycles. The van der Waals surface area contributed by atoms with Crippen molar-refractivity contribution in [3.63, 3.8) is 0 Å². The van der Waals surface area contributed by atoms with Crippen LogP contribution in [0.2, 0.25) is 0 Å². The highest BCUT2D eigenvalue weighted by atomic mass is 32.1. The predicted molar refractivity (Wildman–Crippen MR) is 89.5 cm³/mol. The van der Waals surface area contributed by atoms with Gasteiger partial charge in [-0.15, -0.1) is 11.3 Å². The van der Waals surface area contributed by atoms with Crippen molar-refractivity contribution in [1.82, 2.24) is 5.32 Å². The van der Waals surface area contributed by atoms with E-state index >= 15 is 0 Å². The first-order valence-electron chi connectivity index (χ1n) is 7.91. The Labute approximate surface area is 126 Å². The zero-order valence-electron chi connectivity index (χ0n) is 12.8. The van der Waals surface area contributed by atoms with E-state index in [4.69, 9.17) is 0 Å². The number of rotatable bonds is 4. The molecular weight excluding hydrogens is 262 g/mol. The molecule has 1 unspecified atom stereocenters. The van der Waals surface area contributed by atoms with Gasteiger partial charge in [0.2, 0.25) is 0 Å². The molecule has 1 aliphatic rings. The second kappa shape index (κ2) is 5.87. The lowest BCUT2D eigenvalue weighted by atomic mass is 9.98. The van der Waals surface area contributed by atoms with Crippen LogP contribution in [0, 0.1) is 12.8 Å². The normalized spacial score (nSPS) is 19.6. The molecule has 1 fully saturated rings. The van der Waals surface area contributed by atoms with Crippen molar-refractivity contribution < 1.29 is 0 Å². The molecule has 1 nitrogen and oxygen atoms in total. The van der Waals surface area contributed by atoms with Crippen molar-refractivity contribution in [3.05, 3.63) is 34.7 Å². The van der Waals surface area contributed by atoms with E-state index in [1.165, 1.54) is 46.2 Å². The Kier molecular flexibility index (Phi) is 4.13. The van der Waals surface area contributed by atoms with Gasteiger partial charge in [-0.2, -0.15) is 0 Å². The number of hydrogen-bond donors (Lipinski definition) is 1. The Hall–Kier alpha value is -0.860. The number of thiophene rings is 1. The lowest BCUT2D eigenvalue weighted by Crippen LogP contribution is -2.34. The van der Waals surface area contributed by atoms with Crippen LogP contribution in [-0.2, 0) is 0 Å². The molecule has 0 spiro atoms. The average molecular weight is 287 g/mol. The molecule has 0 radical (unpaired) electrons. The Morgan fingerprint density at radius 1 is 1.15 bits per heavy atom. The second-order valence-electron chi connectivity index (χ2n) is 6.31. The Morgan fingerprint density at radius 3 is 2.55 bits per heavy atom. The number of nitrogens with one attached hydrogen (secondary N) is 1. The number of benzene rings is 1. The molecule has 20 heavy (non-hydrogen) atoms. The highest BCUT2D eigenvalue weighted by molar-refractivity contribution is 7.19. The maximum atomic E-state index is 3.85. The second-order valence-corrected chi connectivity index (χ2v) is 7.39. The topological polar surface area (TPSA) is 12.0 Å². The fourth-order valence-electron chi connectivity index (χ4n) is 3.67. The molecule has 2 atom stereocenters. The Bertz CT molecular complexity index is 580. The van der Waals surface area contributed by atoms with Crippen LogP contribution in [0.3, 0.4) is 0 Å². The summed E-state index contributed by atoms with van der Waals surface area (Å²) in [6, 6.07) is 9.87. The standard InChI is InChI=1S/C18H25NS/c1-12-16-10-6-7-11-17(16)20-18(12)14(3)19-13(2)15-8-4-5-9-15/h6-7,10-11,13-15,19H,4-5,8-9H2,1-3H3/t13-,14?/m0/s1. The summed E-state index contributed by atoms with van der Waals surface area (Å²) in [6.07, 6.45) is 5.67. The minimum Gasteiger partial charge on any atom is -0.307 e. The molecule has 0 bridgehead atoms. The third kappa shape index (κ3) is 2.64. The third-order valence-corrected chi connectivity index (χ3v) is 6.35. The lowest BCUT2D eigenvalue weighted by Gasteiger charge is -2.24. The maximum absolute atomic E-state index is 3.85. The van der Waals surface area contributed by atoms with Crippen molar-refractivity contribution in [3.8, 4) is 0 Å². The van der Waals surface area contributed by atoms with Gasteiger partial charge in [-0.1, -0.05) is 31.0 Å². The lowest BCUT2D eigenvalue weighted by molar-refractivity contribution is 0.354. The molecule has 1 N–H and O–H groups in total. The summed E-state index contributed by atoms with van der Waals surface area (Å²) in [5.74, 6) is 0.882. The summed E-state index contributed by atoms with van der Waals surface area (Å²) >= 11 is 1.95. The van der Waals surface area contributed by atoms with Crippen molar-refractivity contribution in [2.24, 2.45) is 5.92 Å². The van der Waals surface area contributed by atoms with E-state index in [9.17, 15) is 0 Å². The fraction of sp³-hybridized carbons (Fsp3) is 0.556. The van der Waals surface area contributed by atoms with Crippen molar-refractivity contribution in [2.45, 2.75) is 58.5 Å². The third-order valence-electron chi connectivity index (χ3n) is 4.89. The van der Waals surface area contributed by atoms with Gasteiger partial charge in [0.05, 0.1) is 0 Å². The van der Waals surface area contributed by atoms with E-state index in [0.717, 1.165) is 5.92 Å². The highest BCUT2D eigenvalue weighted by Gasteiger charge is 2.24. The molecule has 1 aromatic heterocycles. The van der Waals surface area contributed by atoms with Gasteiger partial charge < -0.3 is 5.32 Å². The van der Waals surface area contributed by atoms with Gasteiger partial charge in [-0.3, -0.25) is 0 Å². The molecule has 1 heterocycles. The van der Waals surface area contributed by atoms with Crippen LogP contribution >= 0.6 is 11.3 Å². The van der Waals surface area contributed by atoms with E-state index in [-0.39, 0.29) is 0 Å². The molecule has 108 valence electrons. The number of aryl methyl sites for hydroxylation is 1. The summed E-state index contributed by atoms with van der Waals surface area (Å²) in [4.78, 5) is 1.51. The smallest absolute Gasteiger partial charge is 0.0391 e. The number of fused-ring (bicyclic) bond motifs is 1. The first-order valence-corrected chi connectivity index (χ1v) is 8.72. The van der Waals surface area contributed by atoms with Crippen LogP contribution < -0.4 is 5.32 Å². The van der Waals surface area contributed by atoms with Crippen LogP contribution in [0.25, 0.3) is 10.1 Å². The molecule has 1 aliphatic carbocycles. The van der Waals surface area contributed by atoms with E-state index in [2.05, 4.69) is 50.4 Å². The van der Waals surface area contributed by atoms with Gasteiger partial charge in [0.25, 0.3) is 0 Å².